The van der Waals surface area contributed by atoms with Gasteiger partial charge in [0, 0.05) is 15.7 Å². The van der Waals surface area contributed by atoms with Crippen LogP contribution < -0.4 is 5.32 Å². The van der Waals surface area contributed by atoms with Crippen molar-refractivity contribution in [2.45, 2.75) is 12.5 Å². The van der Waals surface area contributed by atoms with Crippen molar-refractivity contribution in [3.63, 3.8) is 0 Å². The van der Waals surface area contributed by atoms with E-state index in [0.717, 1.165) is 5.69 Å². The number of esters is 1. The third-order valence-corrected chi connectivity index (χ3v) is 3.68. The molecule has 0 aliphatic rings. The summed E-state index contributed by atoms with van der Waals surface area (Å²) in [5.41, 5.74) is 0.363. The van der Waals surface area contributed by atoms with Crippen molar-refractivity contribution in [1.82, 2.24) is 0 Å². The summed E-state index contributed by atoms with van der Waals surface area (Å²) in [7, 11) is 1.35. The van der Waals surface area contributed by atoms with E-state index in [1.807, 2.05) is 12.1 Å². The average molecular weight is 324 g/mol. The Bertz CT molecular complexity index is 660. The van der Waals surface area contributed by atoms with Crippen LogP contribution in [0.1, 0.15) is 12.5 Å². The van der Waals surface area contributed by atoms with Gasteiger partial charge in [-0.15, -0.1) is 0 Å². The van der Waals surface area contributed by atoms with E-state index in [4.69, 9.17) is 27.9 Å². The Morgan fingerprint density at radius 1 is 1.10 bits per heavy atom. The number of benzene rings is 2. The Kier molecular flexibility index (Phi) is 4.76. The van der Waals surface area contributed by atoms with E-state index in [-0.39, 0.29) is 0 Å². The summed E-state index contributed by atoms with van der Waals surface area (Å²) >= 11 is 12.0. The zero-order chi connectivity index (χ0) is 15.5. The van der Waals surface area contributed by atoms with Crippen LogP contribution >= 0.6 is 23.2 Å². The maximum Gasteiger partial charge on any atom is 0.335 e. The smallest absolute Gasteiger partial charge is 0.335 e. The van der Waals surface area contributed by atoms with Gasteiger partial charge in [0.2, 0.25) is 0 Å². The highest BCUT2D eigenvalue weighted by atomic mass is 35.5. The lowest BCUT2D eigenvalue weighted by atomic mass is 9.91. The van der Waals surface area contributed by atoms with E-state index in [9.17, 15) is 4.79 Å². The number of carbonyl (C=O) groups is 1. The lowest BCUT2D eigenvalue weighted by molar-refractivity contribution is -0.145. The molecule has 0 aliphatic heterocycles. The Hall–Kier alpha value is -1.71. The summed E-state index contributed by atoms with van der Waals surface area (Å²) in [6.07, 6.45) is 0. The first kappa shape index (κ1) is 15.7. The van der Waals surface area contributed by atoms with Crippen molar-refractivity contribution < 1.29 is 9.53 Å². The second-order valence-electron chi connectivity index (χ2n) is 4.76. The second-order valence-corrected chi connectivity index (χ2v) is 5.64. The van der Waals surface area contributed by atoms with Crippen molar-refractivity contribution in [2.75, 3.05) is 12.4 Å². The Labute approximate surface area is 133 Å². The van der Waals surface area contributed by atoms with E-state index in [2.05, 4.69) is 5.32 Å². The van der Waals surface area contributed by atoms with Crippen molar-refractivity contribution in [3.05, 3.63) is 64.1 Å². The summed E-state index contributed by atoms with van der Waals surface area (Å²) in [6, 6.07) is 14.2. The highest BCUT2D eigenvalue weighted by Gasteiger charge is 2.36. The SMILES string of the molecule is COC(=O)C(C)(Nc1cccc(Cl)c1)c1cccc(Cl)c1. The fourth-order valence-electron chi connectivity index (χ4n) is 2.10. The summed E-state index contributed by atoms with van der Waals surface area (Å²) in [6.45, 7) is 1.74. The number of nitrogens with one attached hydrogen (secondary N) is 1. The van der Waals surface area contributed by atoms with Crippen LogP contribution in [0.15, 0.2) is 48.5 Å². The molecule has 2 aromatic rings. The fraction of sp³-hybridized carbons (Fsp3) is 0.188. The molecule has 1 N–H and O–H groups in total. The van der Waals surface area contributed by atoms with Crippen LogP contribution in [0, 0.1) is 0 Å². The molecule has 2 rings (SSSR count). The molecule has 1 unspecified atom stereocenters. The van der Waals surface area contributed by atoms with Crippen LogP contribution in [0.2, 0.25) is 10.0 Å². The molecule has 0 aromatic heterocycles. The lowest BCUT2D eigenvalue weighted by Crippen LogP contribution is -2.41. The summed E-state index contributed by atoms with van der Waals surface area (Å²) < 4.78 is 4.93. The zero-order valence-electron chi connectivity index (χ0n) is 11.7. The Morgan fingerprint density at radius 2 is 1.71 bits per heavy atom. The molecule has 0 fully saturated rings. The topological polar surface area (TPSA) is 38.3 Å². The number of ether oxygens (including phenoxy) is 1. The van der Waals surface area contributed by atoms with Crippen molar-refractivity contribution in [1.29, 1.82) is 0 Å². The number of methoxy groups -OCH3 is 1. The molecule has 5 heteroatoms. The third-order valence-electron chi connectivity index (χ3n) is 3.21. The van der Waals surface area contributed by atoms with Crippen LogP contribution in [0.4, 0.5) is 5.69 Å². The molecule has 0 radical (unpaired) electrons. The molecule has 1 atom stereocenters. The van der Waals surface area contributed by atoms with Gasteiger partial charge < -0.3 is 10.1 Å². The van der Waals surface area contributed by atoms with E-state index >= 15 is 0 Å². The number of hydrogen-bond donors (Lipinski definition) is 1. The molecule has 0 amide bonds. The number of halogens is 2. The van der Waals surface area contributed by atoms with Gasteiger partial charge in [0.25, 0.3) is 0 Å². The van der Waals surface area contributed by atoms with E-state index in [1.165, 1.54) is 7.11 Å². The van der Waals surface area contributed by atoms with Gasteiger partial charge in [-0.3, -0.25) is 0 Å². The summed E-state index contributed by atoms with van der Waals surface area (Å²) in [4.78, 5) is 12.3. The molecule has 21 heavy (non-hydrogen) atoms. The highest BCUT2D eigenvalue weighted by molar-refractivity contribution is 6.31. The monoisotopic (exact) mass is 323 g/mol. The first-order chi connectivity index (χ1) is 9.95. The number of hydrogen-bond acceptors (Lipinski definition) is 3. The van der Waals surface area contributed by atoms with Crippen LogP contribution in [0.25, 0.3) is 0 Å². The molecule has 2 aromatic carbocycles. The zero-order valence-corrected chi connectivity index (χ0v) is 13.2. The number of rotatable bonds is 4. The minimum Gasteiger partial charge on any atom is -0.467 e. The van der Waals surface area contributed by atoms with E-state index in [1.54, 1.807) is 43.3 Å². The largest absolute Gasteiger partial charge is 0.467 e. The fourth-order valence-corrected chi connectivity index (χ4v) is 2.48. The minimum atomic E-state index is -1.07. The minimum absolute atomic E-state index is 0.412. The summed E-state index contributed by atoms with van der Waals surface area (Å²) in [5, 5.41) is 4.31. The molecule has 0 saturated carbocycles. The van der Waals surface area contributed by atoms with Gasteiger partial charge >= 0.3 is 5.97 Å². The highest BCUT2D eigenvalue weighted by Crippen LogP contribution is 2.30. The first-order valence-electron chi connectivity index (χ1n) is 6.34. The standard InChI is InChI=1S/C16H15Cl2NO2/c1-16(15(20)21-2,11-5-3-6-12(17)9-11)19-14-8-4-7-13(18)10-14/h3-10,19H,1-2H3. The molecular formula is C16H15Cl2NO2. The quantitative estimate of drug-likeness (QED) is 0.842. The third kappa shape index (κ3) is 3.49. The van der Waals surface area contributed by atoms with Crippen LogP contribution in [-0.4, -0.2) is 13.1 Å². The summed E-state index contributed by atoms with van der Waals surface area (Å²) in [5.74, 6) is -0.412. The predicted octanol–water partition coefficient (Wildman–Crippen LogP) is 4.49. The Morgan fingerprint density at radius 3 is 2.29 bits per heavy atom. The average Bonchev–Trinajstić information content (AvgIpc) is 2.46. The predicted molar refractivity (Wildman–Crippen MR) is 85.9 cm³/mol. The van der Waals surface area contributed by atoms with Crippen LogP contribution in [0.5, 0.6) is 0 Å². The van der Waals surface area contributed by atoms with Gasteiger partial charge in [-0.1, -0.05) is 41.4 Å². The molecule has 0 aliphatic carbocycles. The second kappa shape index (κ2) is 6.37. The van der Waals surface area contributed by atoms with Gasteiger partial charge in [0.05, 0.1) is 7.11 Å². The van der Waals surface area contributed by atoms with Crippen molar-refractivity contribution >= 4 is 34.9 Å². The normalized spacial score (nSPS) is 13.3. The van der Waals surface area contributed by atoms with Crippen LogP contribution in [0.3, 0.4) is 0 Å². The molecule has 0 saturated heterocycles. The maximum atomic E-state index is 12.3. The number of anilines is 1. The molecule has 0 spiro atoms. The van der Waals surface area contributed by atoms with Gasteiger partial charge in [0.1, 0.15) is 0 Å². The van der Waals surface area contributed by atoms with Gasteiger partial charge in [-0.2, -0.15) is 0 Å². The van der Waals surface area contributed by atoms with Crippen molar-refractivity contribution in [2.24, 2.45) is 0 Å². The van der Waals surface area contributed by atoms with Gasteiger partial charge in [-0.05, 0) is 42.8 Å². The Balaban J connectivity index is 2.45. The van der Waals surface area contributed by atoms with E-state index < -0.39 is 11.5 Å². The first-order valence-corrected chi connectivity index (χ1v) is 7.09. The molecule has 0 heterocycles. The lowest BCUT2D eigenvalue weighted by Gasteiger charge is -2.29. The van der Waals surface area contributed by atoms with Crippen molar-refractivity contribution in [3.8, 4) is 0 Å². The molecule has 110 valence electrons. The van der Waals surface area contributed by atoms with Crippen LogP contribution in [-0.2, 0) is 15.1 Å². The molecular weight excluding hydrogens is 309 g/mol. The molecule has 0 bridgehead atoms. The molecule has 3 nitrogen and oxygen atoms in total. The number of carbonyl (C=O) groups excluding carboxylic acids is 1. The maximum absolute atomic E-state index is 12.3. The van der Waals surface area contributed by atoms with Gasteiger partial charge in [0.15, 0.2) is 5.54 Å². The van der Waals surface area contributed by atoms with E-state index in [0.29, 0.717) is 15.6 Å². The van der Waals surface area contributed by atoms with Gasteiger partial charge in [-0.25, -0.2) is 4.79 Å².